The number of benzene rings is 2. The fraction of sp³-hybridized carbons (Fsp3) is 0.105. The van der Waals surface area contributed by atoms with Crippen LogP contribution in [0.25, 0.3) is 11.3 Å². The molecule has 0 bridgehead atoms. The molecular formula is C19H15N3OS. The van der Waals surface area contributed by atoms with Gasteiger partial charge < -0.3 is 5.32 Å². The SMILES string of the molecule is Cc1ccc(C(=O)Nc2sc(CC#N)nc2-c2ccccc2)cc1. The summed E-state index contributed by atoms with van der Waals surface area (Å²) in [5.74, 6) is -0.181. The van der Waals surface area contributed by atoms with Crippen LogP contribution in [0.5, 0.6) is 0 Å². The van der Waals surface area contributed by atoms with Crippen LogP contribution in [-0.2, 0) is 6.42 Å². The molecule has 1 aromatic heterocycles. The van der Waals surface area contributed by atoms with Gasteiger partial charge in [0.05, 0.1) is 12.5 Å². The van der Waals surface area contributed by atoms with Crippen LogP contribution in [0, 0.1) is 18.3 Å². The number of nitrogens with one attached hydrogen (secondary N) is 1. The van der Waals surface area contributed by atoms with E-state index in [0.29, 0.717) is 21.3 Å². The Morgan fingerprint density at radius 1 is 1.17 bits per heavy atom. The van der Waals surface area contributed by atoms with Crippen LogP contribution in [0.1, 0.15) is 20.9 Å². The van der Waals surface area contributed by atoms with Gasteiger partial charge >= 0.3 is 0 Å². The highest BCUT2D eigenvalue weighted by Crippen LogP contribution is 2.33. The fourth-order valence-corrected chi connectivity index (χ4v) is 3.18. The van der Waals surface area contributed by atoms with Gasteiger partial charge in [0.15, 0.2) is 0 Å². The Labute approximate surface area is 144 Å². The van der Waals surface area contributed by atoms with Crippen LogP contribution < -0.4 is 5.32 Å². The van der Waals surface area contributed by atoms with Gasteiger partial charge in [0.1, 0.15) is 15.7 Å². The Morgan fingerprint density at radius 3 is 2.54 bits per heavy atom. The van der Waals surface area contributed by atoms with Gasteiger partial charge in [0, 0.05) is 11.1 Å². The molecule has 4 nitrogen and oxygen atoms in total. The summed E-state index contributed by atoms with van der Waals surface area (Å²) in [4.78, 5) is 17.0. The van der Waals surface area contributed by atoms with E-state index in [1.54, 1.807) is 12.1 Å². The molecule has 3 rings (SSSR count). The third-order valence-electron chi connectivity index (χ3n) is 3.49. The van der Waals surface area contributed by atoms with Crippen molar-refractivity contribution in [3.63, 3.8) is 0 Å². The number of carbonyl (C=O) groups excluding carboxylic acids is 1. The standard InChI is InChI=1S/C19H15N3OS/c1-13-7-9-15(10-8-13)18(23)22-19-17(14-5-3-2-4-6-14)21-16(24-19)11-12-20/h2-10H,11H2,1H3,(H,22,23). The molecule has 0 saturated carbocycles. The molecule has 0 aliphatic rings. The van der Waals surface area contributed by atoms with E-state index in [1.807, 2.05) is 49.4 Å². The van der Waals surface area contributed by atoms with E-state index < -0.39 is 0 Å². The van der Waals surface area contributed by atoms with E-state index >= 15 is 0 Å². The topological polar surface area (TPSA) is 65.8 Å². The first-order chi connectivity index (χ1) is 11.7. The summed E-state index contributed by atoms with van der Waals surface area (Å²) in [7, 11) is 0. The molecule has 5 heteroatoms. The lowest BCUT2D eigenvalue weighted by molar-refractivity contribution is 0.102. The summed E-state index contributed by atoms with van der Waals surface area (Å²) >= 11 is 1.34. The lowest BCUT2D eigenvalue weighted by Crippen LogP contribution is -2.11. The number of carbonyl (C=O) groups is 1. The molecule has 0 radical (unpaired) electrons. The normalized spacial score (nSPS) is 10.2. The lowest BCUT2D eigenvalue weighted by Gasteiger charge is -2.06. The van der Waals surface area contributed by atoms with Crippen LogP contribution in [0.15, 0.2) is 54.6 Å². The molecule has 2 aromatic carbocycles. The second kappa shape index (κ2) is 7.07. The summed E-state index contributed by atoms with van der Waals surface area (Å²) in [6, 6.07) is 19.1. The third-order valence-corrected chi connectivity index (χ3v) is 4.46. The number of anilines is 1. The van der Waals surface area contributed by atoms with Gasteiger partial charge in [-0.3, -0.25) is 4.79 Å². The molecule has 1 N–H and O–H groups in total. The quantitative estimate of drug-likeness (QED) is 0.768. The summed E-state index contributed by atoms with van der Waals surface area (Å²) in [6.07, 6.45) is 0.227. The van der Waals surface area contributed by atoms with E-state index in [1.165, 1.54) is 11.3 Å². The number of nitrogens with zero attached hydrogens (tertiary/aromatic N) is 2. The molecule has 0 atom stereocenters. The maximum Gasteiger partial charge on any atom is 0.256 e. The van der Waals surface area contributed by atoms with Crippen molar-refractivity contribution in [3.8, 4) is 17.3 Å². The van der Waals surface area contributed by atoms with Crippen LogP contribution in [0.4, 0.5) is 5.00 Å². The van der Waals surface area contributed by atoms with Crippen molar-refractivity contribution in [1.82, 2.24) is 4.98 Å². The van der Waals surface area contributed by atoms with Gasteiger partial charge in [0.25, 0.3) is 5.91 Å². The molecule has 0 unspecified atom stereocenters. The van der Waals surface area contributed by atoms with E-state index in [2.05, 4.69) is 16.4 Å². The van der Waals surface area contributed by atoms with Gasteiger partial charge in [-0.2, -0.15) is 5.26 Å². The minimum Gasteiger partial charge on any atom is -0.312 e. The Balaban J connectivity index is 1.93. The van der Waals surface area contributed by atoms with Crippen LogP contribution in [-0.4, -0.2) is 10.9 Å². The second-order valence-electron chi connectivity index (χ2n) is 5.31. The first kappa shape index (κ1) is 15.9. The number of thiazole rings is 1. The van der Waals surface area contributed by atoms with Crippen molar-refractivity contribution in [1.29, 1.82) is 5.26 Å². The number of hydrogen-bond donors (Lipinski definition) is 1. The molecule has 0 fully saturated rings. The average molecular weight is 333 g/mol. The van der Waals surface area contributed by atoms with Crippen molar-refractivity contribution in [2.75, 3.05) is 5.32 Å². The van der Waals surface area contributed by atoms with Gasteiger partial charge in [-0.25, -0.2) is 4.98 Å². The van der Waals surface area contributed by atoms with E-state index in [0.717, 1.165) is 11.1 Å². The number of nitriles is 1. The summed E-state index contributed by atoms with van der Waals surface area (Å²) in [5, 5.41) is 13.2. The monoisotopic (exact) mass is 333 g/mol. The molecule has 24 heavy (non-hydrogen) atoms. The summed E-state index contributed by atoms with van der Waals surface area (Å²) in [5.41, 5.74) is 3.31. The molecule has 1 amide bonds. The lowest BCUT2D eigenvalue weighted by atomic mass is 10.1. The summed E-state index contributed by atoms with van der Waals surface area (Å²) < 4.78 is 0. The molecule has 0 spiro atoms. The summed E-state index contributed by atoms with van der Waals surface area (Å²) in [6.45, 7) is 1.98. The average Bonchev–Trinajstić information content (AvgIpc) is 2.99. The zero-order valence-electron chi connectivity index (χ0n) is 13.1. The Morgan fingerprint density at radius 2 is 1.88 bits per heavy atom. The number of hydrogen-bond acceptors (Lipinski definition) is 4. The minimum atomic E-state index is -0.181. The van der Waals surface area contributed by atoms with Gasteiger partial charge in [0.2, 0.25) is 0 Å². The molecular weight excluding hydrogens is 318 g/mol. The highest BCUT2D eigenvalue weighted by atomic mass is 32.1. The Bertz CT molecular complexity index is 893. The molecule has 0 aliphatic carbocycles. The van der Waals surface area contributed by atoms with Crippen LogP contribution in [0.3, 0.4) is 0 Å². The molecule has 118 valence electrons. The van der Waals surface area contributed by atoms with Gasteiger partial charge in [-0.05, 0) is 19.1 Å². The molecule has 3 aromatic rings. The number of aromatic nitrogens is 1. The predicted octanol–water partition coefficient (Wildman–Crippen LogP) is 4.44. The molecule has 1 heterocycles. The highest BCUT2D eigenvalue weighted by Gasteiger charge is 2.16. The van der Waals surface area contributed by atoms with Crippen LogP contribution in [0.2, 0.25) is 0 Å². The van der Waals surface area contributed by atoms with Crippen molar-refractivity contribution >= 4 is 22.2 Å². The molecule has 0 aliphatic heterocycles. The Kier molecular flexibility index (Phi) is 4.69. The Hall–Kier alpha value is -2.97. The second-order valence-corrected chi connectivity index (χ2v) is 6.39. The zero-order chi connectivity index (χ0) is 16.9. The smallest absolute Gasteiger partial charge is 0.256 e. The fourth-order valence-electron chi connectivity index (χ4n) is 2.26. The third kappa shape index (κ3) is 3.50. The van der Waals surface area contributed by atoms with Crippen LogP contribution >= 0.6 is 11.3 Å². The maximum absolute atomic E-state index is 12.5. The first-order valence-electron chi connectivity index (χ1n) is 7.47. The number of amides is 1. The number of aryl methyl sites for hydroxylation is 1. The van der Waals surface area contributed by atoms with E-state index in [4.69, 9.17) is 5.26 Å². The van der Waals surface area contributed by atoms with Crippen molar-refractivity contribution < 1.29 is 4.79 Å². The highest BCUT2D eigenvalue weighted by molar-refractivity contribution is 7.16. The van der Waals surface area contributed by atoms with Crippen molar-refractivity contribution in [2.45, 2.75) is 13.3 Å². The van der Waals surface area contributed by atoms with Crippen molar-refractivity contribution in [3.05, 3.63) is 70.7 Å². The zero-order valence-corrected chi connectivity index (χ0v) is 13.9. The largest absolute Gasteiger partial charge is 0.312 e. The number of rotatable bonds is 4. The first-order valence-corrected chi connectivity index (χ1v) is 8.29. The maximum atomic E-state index is 12.5. The van der Waals surface area contributed by atoms with E-state index in [-0.39, 0.29) is 12.3 Å². The van der Waals surface area contributed by atoms with Crippen molar-refractivity contribution in [2.24, 2.45) is 0 Å². The van der Waals surface area contributed by atoms with Gasteiger partial charge in [-0.15, -0.1) is 0 Å². The minimum absolute atomic E-state index is 0.181. The van der Waals surface area contributed by atoms with E-state index in [9.17, 15) is 4.79 Å². The van der Waals surface area contributed by atoms with Gasteiger partial charge in [-0.1, -0.05) is 59.4 Å². The predicted molar refractivity (Wildman–Crippen MR) is 96.0 cm³/mol. The molecule has 0 saturated heterocycles.